The summed E-state index contributed by atoms with van der Waals surface area (Å²) in [5, 5.41) is 2.94. The zero-order chi connectivity index (χ0) is 17.9. The molecule has 0 aromatic carbocycles. The van der Waals surface area contributed by atoms with E-state index in [0.717, 1.165) is 25.1 Å². The molecule has 1 saturated carbocycles. The van der Waals surface area contributed by atoms with Crippen molar-refractivity contribution in [2.45, 2.75) is 6.42 Å². The van der Waals surface area contributed by atoms with Crippen LogP contribution in [0.4, 0.5) is 10.3 Å². The average molecular weight is 353 g/mol. The van der Waals surface area contributed by atoms with Crippen molar-refractivity contribution in [2.75, 3.05) is 24.5 Å². The van der Waals surface area contributed by atoms with Gasteiger partial charge >= 0.3 is 0 Å². The van der Waals surface area contributed by atoms with Gasteiger partial charge in [0.15, 0.2) is 5.82 Å². The highest BCUT2D eigenvalue weighted by atomic mass is 19.1. The van der Waals surface area contributed by atoms with Gasteiger partial charge in [-0.25, -0.2) is 14.4 Å². The summed E-state index contributed by atoms with van der Waals surface area (Å²) < 4.78 is 12.9. The predicted octanol–water partition coefficient (Wildman–Crippen LogP) is 1.91. The molecule has 1 saturated heterocycles. The summed E-state index contributed by atoms with van der Waals surface area (Å²) in [6, 6.07) is 3.74. The monoisotopic (exact) mass is 353 g/mol. The number of hydrogen-bond donors (Lipinski definition) is 1. The highest BCUT2D eigenvalue weighted by molar-refractivity contribution is 5.91. The molecule has 6 nitrogen and oxygen atoms in total. The Morgan fingerprint density at radius 1 is 1.27 bits per heavy atom. The Bertz CT molecular complexity index is 783. The fourth-order valence-corrected chi connectivity index (χ4v) is 3.78. The number of aromatic nitrogens is 3. The molecule has 134 valence electrons. The van der Waals surface area contributed by atoms with Gasteiger partial charge in [0.25, 0.3) is 0 Å². The number of halogens is 1. The Morgan fingerprint density at radius 2 is 2.04 bits per heavy atom. The van der Waals surface area contributed by atoms with Crippen LogP contribution in [0.1, 0.15) is 12.0 Å². The van der Waals surface area contributed by atoms with Crippen molar-refractivity contribution in [2.24, 2.45) is 17.8 Å². The molecule has 2 aromatic rings. The summed E-state index contributed by atoms with van der Waals surface area (Å²) in [6.07, 6.45) is 10.1. The molecule has 1 N–H and O–H groups in total. The molecular formula is C19H20FN5O. The number of rotatable bonds is 6. The number of piperidine rings is 1. The van der Waals surface area contributed by atoms with Crippen LogP contribution in [-0.4, -0.2) is 40.5 Å². The van der Waals surface area contributed by atoms with Crippen molar-refractivity contribution >= 4 is 17.9 Å². The number of hydrogen-bond acceptors (Lipinski definition) is 5. The van der Waals surface area contributed by atoms with Gasteiger partial charge in [-0.2, -0.15) is 0 Å². The number of nitrogens with one attached hydrogen (secondary N) is 1. The van der Waals surface area contributed by atoms with Crippen LogP contribution < -0.4 is 10.2 Å². The Kier molecular flexibility index (Phi) is 4.60. The van der Waals surface area contributed by atoms with E-state index in [0.29, 0.717) is 30.2 Å². The number of anilines is 1. The lowest BCUT2D eigenvalue weighted by molar-refractivity contribution is -0.116. The summed E-state index contributed by atoms with van der Waals surface area (Å²) in [4.78, 5) is 26.1. The molecule has 1 aliphatic heterocycles. The van der Waals surface area contributed by atoms with Crippen LogP contribution in [0, 0.1) is 23.6 Å². The first-order valence-electron chi connectivity index (χ1n) is 8.79. The van der Waals surface area contributed by atoms with E-state index in [2.05, 4.69) is 25.2 Å². The standard InChI is InChI=1S/C19H20FN5O/c20-14-9-23-19(24-10-14)25-11-16-15(17(16)12-25)5-7-22-18(26)4-3-13-2-1-6-21-8-13/h1-4,6,8-10,15-17H,5,7,11-12H2,(H,22,26)/b4-3+. The van der Waals surface area contributed by atoms with Gasteiger partial charge in [-0.05, 0) is 41.9 Å². The number of fused-ring (bicyclic) bond motifs is 1. The number of pyridine rings is 1. The molecule has 0 radical (unpaired) electrons. The van der Waals surface area contributed by atoms with Gasteiger partial charge in [-0.1, -0.05) is 6.07 Å². The van der Waals surface area contributed by atoms with Crippen molar-refractivity contribution in [3.63, 3.8) is 0 Å². The third-order valence-electron chi connectivity index (χ3n) is 5.15. The fraction of sp³-hybridized carbons (Fsp3) is 0.368. The van der Waals surface area contributed by atoms with E-state index in [4.69, 9.17) is 0 Å². The minimum absolute atomic E-state index is 0.0824. The van der Waals surface area contributed by atoms with Gasteiger partial charge in [-0.3, -0.25) is 9.78 Å². The van der Waals surface area contributed by atoms with E-state index < -0.39 is 5.82 Å². The van der Waals surface area contributed by atoms with E-state index in [-0.39, 0.29) is 5.91 Å². The van der Waals surface area contributed by atoms with E-state index in [1.807, 2.05) is 12.1 Å². The number of nitrogens with zero attached hydrogens (tertiary/aromatic N) is 4. The largest absolute Gasteiger partial charge is 0.353 e. The van der Waals surface area contributed by atoms with Gasteiger partial charge in [0.05, 0.1) is 12.4 Å². The number of amides is 1. The summed E-state index contributed by atoms with van der Waals surface area (Å²) in [5.74, 6) is 2.02. The summed E-state index contributed by atoms with van der Waals surface area (Å²) in [7, 11) is 0. The minimum Gasteiger partial charge on any atom is -0.353 e. The summed E-state index contributed by atoms with van der Waals surface area (Å²) >= 11 is 0. The second kappa shape index (κ2) is 7.19. The molecular weight excluding hydrogens is 333 g/mol. The molecule has 7 heteroatoms. The van der Waals surface area contributed by atoms with Crippen LogP contribution in [0.25, 0.3) is 6.08 Å². The van der Waals surface area contributed by atoms with E-state index in [1.54, 1.807) is 24.5 Å². The fourth-order valence-electron chi connectivity index (χ4n) is 3.78. The maximum atomic E-state index is 12.9. The quantitative estimate of drug-likeness (QED) is 0.804. The van der Waals surface area contributed by atoms with Crippen LogP contribution in [0.2, 0.25) is 0 Å². The Labute approximate surface area is 151 Å². The molecule has 2 unspecified atom stereocenters. The Hall–Kier alpha value is -2.83. The summed E-state index contributed by atoms with van der Waals surface area (Å²) in [5.41, 5.74) is 0.905. The van der Waals surface area contributed by atoms with E-state index in [1.165, 1.54) is 12.4 Å². The SMILES string of the molecule is O=C(/C=C/c1cccnc1)NCCC1C2CN(c3ncc(F)cn3)CC12. The minimum atomic E-state index is -0.413. The average Bonchev–Trinajstić information content (AvgIpc) is 3.11. The van der Waals surface area contributed by atoms with Crippen LogP contribution >= 0.6 is 0 Å². The second-order valence-corrected chi connectivity index (χ2v) is 6.80. The first kappa shape index (κ1) is 16.6. The molecule has 26 heavy (non-hydrogen) atoms. The molecule has 0 spiro atoms. The molecule has 2 aliphatic rings. The molecule has 4 rings (SSSR count). The lowest BCUT2D eigenvalue weighted by Crippen LogP contribution is -2.27. The Morgan fingerprint density at radius 3 is 2.73 bits per heavy atom. The van der Waals surface area contributed by atoms with Gasteiger partial charge in [0, 0.05) is 38.1 Å². The third kappa shape index (κ3) is 3.71. The number of carbonyl (C=O) groups excluding carboxylic acids is 1. The van der Waals surface area contributed by atoms with Crippen molar-refractivity contribution in [1.82, 2.24) is 20.3 Å². The molecule has 2 fully saturated rings. The van der Waals surface area contributed by atoms with Crippen molar-refractivity contribution in [3.8, 4) is 0 Å². The Balaban J connectivity index is 1.17. The molecule has 2 atom stereocenters. The first-order chi connectivity index (χ1) is 12.7. The second-order valence-electron chi connectivity index (χ2n) is 6.80. The van der Waals surface area contributed by atoms with Crippen LogP contribution in [0.5, 0.6) is 0 Å². The van der Waals surface area contributed by atoms with Gasteiger partial charge in [-0.15, -0.1) is 0 Å². The maximum absolute atomic E-state index is 12.9. The topological polar surface area (TPSA) is 71.0 Å². The molecule has 0 bridgehead atoms. The van der Waals surface area contributed by atoms with E-state index in [9.17, 15) is 9.18 Å². The van der Waals surface area contributed by atoms with Crippen LogP contribution in [-0.2, 0) is 4.79 Å². The van der Waals surface area contributed by atoms with Crippen molar-refractivity contribution < 1.29 is 9.18 Å². The lowest BCUT2D eigenvalue weighted by Gasteiger charge is -2.19. The van der Waals surface area contributed by atoms with Crippen molar-refractivity contribution in [1.29, 1.82) is 0 Å². The smallest absolute Gasteiger partial charge is 0.244 e. The molecule has 2 aromatic heterocycles. The zero-order valence-electron chi connectivity index (χ0n) is 14.3. The molecule has 3 heterocycles. The zero-order valence-corrected chi connectivity index (χ0v) is 14.3. The van der Waals surface area contributed by atoms with Gasteiger partial charge < -0.3 is 10.2 Å². The van der Waals surface area contributed by atoms with Gasteiger partial charge in [0.2, 0.25) is 11.9 Å². The number of carbonyl (C=O) groups is 1. The summed E-state index contributed by atoms with van der Waals surface area (Å²) in [6.45, 7) is 2.51. The van der Waals surface area contributed by atoms with E-state index >= 15 is 0 Å². The normalized spacial score (nSPS) is 23.9. The lowest BCUT2D eigenvalue weighted by atomic mass is 10.2. The highest BCUT2D eigenvalue weighted by Crippen LogP contribution is 2.53. The maximum Gasteiger partial charge on any atom is 0.244 e. The molecule has 1 amide bonds. The third-order valence-corrected chi connectivity index (χ3v) is 5.15. The first-order valence-corrected chi connectivity index (χ1v) is 8.79. The highest BCUT2D eigenvalue weighted by Gasteiger charge is 2.55. The van der Waals surface area contributed by atoms with Crippen LogP contribution in [0.15, 0.2) is 43.0 Å². The predicted molar refractivity (Wildman–Crippen MR) is 95.6 cm³/mol. The van der Waals surface area contributed by atoms with Gasteiger partial charge in [0.1, 0.15) is 0 Å². The van der Waals surface area contributed by atoms with Crippen molar-refractivity contribution in [3.05, 3.63) is 54.4 Å². The van der Waals surface area contributed by atoms with Crippen LogP contribution in [0.3, 0.4) is 0 Å². The molecule has 1 aliphatic carbocycles.